The number of hydrogen-bond donors (Lipinski definition) is 2. The van der Waals surface area contributed by atoms with Gasteiger partial charge >= 0.3 is 0 Å². The minimum absolute atomic E-state index is 0. The summed E-state index contributed by atoms with van der Waals surface area (Å²) < 4.78 is 1.83. The van der Waals surface area contributed by atoms with E-state index in [-0.39, 0.29) is 24.0 Å². The summed E-state index contributed by atoms with van der Waals surface area (Å²) in [5.41, 5.74) is 1.24. The smallest absolute Gasteiger partial charge is 0.191 e. The monoisotopic (exact) mass is 407 g/mol. The van der Waals surface area contributed by atoms with E-state index < -0.39 is 0 Å². The van der Waals surface area contributed by atoms with Crippen molar-refractivity contribution >= 4 is 29.9 Å². The van der Waals surface area contributed by atoms with E-state index in [1.807, 2.05) is 31.2 Å². The highest BCUT2D eigenvalue weighted by molar-refractivity contribution is 14.0. The number of nitrogens with one attached hydrogen (secondary N) is 2. The molecule has 21 heavy (non-hydrogen) atoms. The molecule has 0 fully saturated rings. The Bertz CT molecular complexity index is 414. The van der Waals surface area contributed by atoms with Crippen LogP contribution in [0.2, 0.25) is 0 Å². The van der Waals surface area contributed by atoms with Crippen LogP contribution in [0.4, 0.5) is 0 Å². The minimum Gasteiger partial charge on any atom is -0.356 e. The summed E-state index contributed by atoms with van der Waals surface area (Å²) in [5.74, 6) is 1.63. The molecule has 1 unspecified atom stereocenters. The summed E-state index contributed by atoms with van der Waals surface area (Å²) in [7, 11) is 3.75. The average molecular weight is 407 g/mol. The number of aromatic nitrogens is 2. The number of aliphatic imine (C=N–C) groups is 1. The molecule has 0 bridgehead atoms. The van der Waals surface area contributed by atoms with Crippen LogP contribution in [-0.4, -0.2) is 35.4 Å². The standard InChI is InChI=1S/C15H29N5.HI/c1-12(2)6-7-13(3)19-15(16-4)17-9-8-14-10-18-20(5)11-14;/h10-13H,6-9H2,1-5H3,(H2,16,17,19);1H. The van der Waals surface area contributed by atoms with Gasteiger partial charge in [-0.05, 0) is 37.7 Å². The van der Waals surface area contributed by atoms with Crippen LogP contribution in [0, 0.1) is 5.92 Å². The van der Waals surface area contributed by atoms with Crippen molar-refractivity contribution in [3.8, 4) is 0 Å². The number of nitrogens with zero attached hydrogens (tertiary/aromatic N) is 3. The molecular formula is C15H30IN5. The molecule has 0 saturated carbocycles. The third kappa shape index (κ3) is 8.95. The number of halogens is 1. The average Bonchev–Trinajstić information content (AvgIpc) is 2.81. The first-order chi connectivity index (χ1) is 9.51. The van der Waals surface area contributed by atoms with Gasteiger partial charge in [-0.2, -0.15) is 5.10 Å². The zero-order chi connectivity index (χ0) is 15.0. The molecule has 1 aromatic rings. The first kappa shape index (κ1) is 20.2. The molecule has 0 spiro atoms. The number of guanidine groups is 1. The molecule has 0 aromatic carbocycles. The molecule has 2 N–H and O–H groups in total. The summed E-state index contributed by atoms with van der Waals surface area (Å²) in [6.07, 6.45) is 7.31. The quantitative estimate of drug-likeness (QED) is 0.415. The molecule has 1 heterocycles. The highest BCUT2D eigenvalue weighted by Gasteiger charge is 2.06. The van der Waals surface area contributed by atoms with Gasteiger partial charge in [0.15, 0.2) is 5.96 Å². The molecule has 0 aliphatic rings. The lowest BCUT2D eigenvalue weighted by Crippen LogP contribution is -2.42. The Kier molecular flexibility index (Phi) is 10.5. The van der Waals surface area contributed by atoms with Gasteiger partial charge in [0.1, 0.15) is 0 Å². The van der Waals surface area contributed by atoms with E-state index in [9.17, 15) is 0 Å². The van der Waals surface area contributed by atoms with Crippen molar-refractivity contribution in [1.82, 2.24) is 20.4 Å². The van der Waals surface area contributed by atoms with Gasteiger partial charge in [-0.3, -0.25) is 9.67 Å². The van der Waals surface area contributed by atoms with Crippen LogP contribution in [0.3, 0.4) is 0 Å². The van der Waals surface area contributed by atoms with Gasteiger partial charge in [-0.1, -0.05) is 13.8 Å². The van der Waals surface area contributed by atoms with Crippen LogP contribution in [0.5, 0.6) is 0 Å². The maximum Gasteiger partial charge on any atom is 0.191 e. The van der Waals surface area contributed by atoms with Gasteiger partial charge in [-0.25, -0.2) is 0 Å². The second-order valence-electron chi connectivity index (χ2n) is 5.79. The fourth-order valence-electron chi connectivity index (χ4n) is 2.01. The van der Waals surface area contributed by atoms with Crippen LogP contribution in [0.25, 0.3) is 0 Å². The van der Waals surface area contributed by atoms with E-state index in [4.69, 9.17) is 0 Å². The maximum absolute atomic E-state index is 4.27. The predicted molar refractivity (Wildman–Crippen MR) is 100 cm³/mol. The zero-order valence-electron chi connectivity index (χ0n) is 13.9. The Labute approximate surface area is 146 Å². The van der Waals surface area contributed by atoms with Crippen molar-refractivity contribution in [3.05, 3.63) is 18.0 Å². The summed E-state index contributed by atoms with van der Waals surface area (Å²) in [4.78, 5) is 4.27. The molecule has 0 radical (unpaired) electrons. The van der Waals surface area contributed by atoms with Gasteiger partial charge in [0, 0.05) is 32.9 Å². The Balaban J connectivity index is 0.00000400. The third-order valence-electron chi connectivity index (χ3n) is 3.25. The second-order valence-corrected chi connectivity index (χ2v) is 5.79. The maximum atomic E-state index is 4.27. The number of rotatable bonds is 7. The molecule has 0 amide bonds. The van der Waals surface area contributed by atoms with Crippen molar-refractivity contribution in [2.45, 2.75) is 46.1 Å². The molecule has 0 aliphatic carbocycles. The van der Waals surface area contributed by atoms with Gasteiger partial charge in [0.25, 0.3) is 0 Å². The first-order valence-corrected chi connectivity index (χ1v) is 7.46. The Hall–Kier alpha value is -0.790. The van der Waals surface area contributed by atoms with Gasteiger partial charge < -0.3 is 10.6 Å². The second kappa shape index (κ2) is 10.9. The normalized spacial score (nSPS) is 13.0. The molecule has 1 atom stereocenters. The van der Waals surface area contributed by atoms with Crippen molar-refractivity contribution in [1.29, 1.82) is 0 Å². The van der Waals surface area contributed by atoms with Crippen LogP contribution >= 0.6 is 24.0 Å². The lowest BCUT2D eigenvalue weighted by atomic mass is 10.0. The van der Waals surface area contributed by atoms with E-state index in [2.05, 4.69) is 41.5 Å². The summed E-state index contributed by atoms with van der Waals surface area (Å²) >= 11 is 0. The SMILES string of the molecule is CN=C(NCCc1cnn(C)c1)NC(C)CCC(C)C.I. The van der Waals surface area contributed by atoms with Crippen molar-refractivity contribution in [3.63, 3.8) is 0 Å². The zero-order valence-corrected chi connectivity index (χ0v) is 16.2. The largest absolute Gasteiger partial charge is 0.356 e. The van der Waals surface area contributed by atoms with Crippen molar-refractivity contribution in [2.75, 3.05) is 13.6 Å². The lowest BCUT2D eigenvalue weighted by Gasteiger charge is -2.18. The predicted octanol–water partition coefficient (Wildman–Crippen LogP) is 2.57. The van der Waals surface area contributed by atoms with Gasteiger partial charge in [0.2, 0.25) is 0 Å². The topological polar surface area (TPSA) is 54.2 Å². The Morgan fingerprint density at radius 2 is 2.05 bits per heavy atom. The highest BCUT2D eigenvalue weighted by atomic mass is 127. The third-order valence-corrected chi connectivity index (χ3v) is 3.25. The highest BCUT2D eigenvalue weighted by Crippen LogP contribution is 2.06. The Morgan fingerprint density at radius 3 is 2.57 bits per heavy atom. The summed E-state index contributed by atoms with van der Waals surface area (Å²) in [6, 6.07) is 0.446. The molecule has 5 nitrogen and oxygen atoms in total. The summed E-state index contributed by atoms with van der Waals surface area (Å²) in [5, 5.41) is 10.9. The molecule has 122 valence electrons. The molecular weight excluding hydrogens is 377 g/mol. The molecule has 1 rings (SSSR count). The van der Waals surface area contributed by atoms with Gasteiger partial charge in [0.05, 0.1) is 6.20 Å². The van der Waals surface area contributed by atoms with Gasteiger partial charge in [-0.15, -0.1) is 24.0 Å². The van der Waals surface area contributed by atoms with E-state index in [1.165, 1.54) is 18.4 Å². The lowest BCUT2D eigenvalue weighted by molar-refractivity contribution is 0.489. The van der Waals surface area contributed by atoms with Crippen LogP contribution < -0.4 is 10.6 Å². The van der Waals surface area contributed by atoms with E-state index in [0.717, 1.165) is 24.8 Å². The minimum atomic E-state index is 0. The Morgan fingerprint density at radius 1 is 1.33 bits per heavy atom. The first-order valence-electron chi connectivity index (χ1n) is 7.46. The molecule has 0 aliphatic heterocycles. The van der Waals surface area contributed by atoms with Crippen LogP contribution in [0.1, 0.15) is 39.2 Å². The van der Waals surface area contributed by atoms with Crippen LogP contribution in [0.15, 0.2) is 17.4 Å². The molecule has 1 aromatic heterocycles. The molecule has 6 heteroatoms. The fraction of sp³-hybridized carbons (Fsp3) is 0.733. The van der Waals surface area contributed by atoms with E-state index in [0.29, 0.717) is 6.04 Å². The number of aryl methyl sites for hydroxylation is 1. The molecule has 0 saturated heterocycles. The van der Waals surface area contributed by atoms with Crippen molar-refractivity contribution in [2.24, 2.45) is 18.0 Å². The van der Waals surface area contributed by atoms with Crippen molar-refractivity contribution < 1.29 is 0 Å². The summed E-state index contributed by atoms with van der Waals surface area (Å²) in [6.45, 7) is 7.58. The number of hydrogen-bond acceptors (Lipinski definition) is 2. The van der Waals surface area contributed by atoms with E-state index >= 15 is 0 Å². The fourth-order valence-corrected chi connectivity index (χ4v) is 2.01. The van der Waals surface area contributed by atoms with E-state index in [1.54, 1.807) is 0 Å². The van der Waals surface area contributed by atoms with Crippen LogP contribution in [-0.2, 0) is 13.5 Å².